The molecule has 158 valence electrons. The minimum Gasteiger partial charge on any atom is -0.387 e. The van der Waals surface area contributed by atoms with E-state index < -0.39 is 4.92 Å². The first-order chi connectivity index (χ1) is 13.8. The number of rotatable bonds is 4. The molecule has 2 aliphatic rings. The maximum absolute atomic E-state index is 13.0. The fourth-order valence-electron chi connectivity index (χ4n) is 4.16. The molecule has 1 N–H and O–H groups in total. The van der Waals surface area contributed by atoms with E-state index in [9.17, 15) is 19.7 Å². The number of carbonyl (C=O) groups excluding carboxylic acids is 2. The lowest BCUT2D eigenvalue weighted by Crippen LogP contribution is -2.51. The summed E-state index contributed by atoms with van der Waals surface area (Å²) >= 11 is 0. The van der Waals surface area contributed by atoms with Crippen LogP contribution in [0.3, 0.4) is 0 Å². The van der Waals surface area contributed by atoms with Crippen LogP contribution in [0.15, 0.2) is 18.2 Å². The number of morpholine rings is 1. The normalized spacial score (nSPS) is 23.0. The first-order valence-corrected chi connectivity index (χ1v) is 9.99. The molecule has 0 saturated carbocycles. The number of non-ortho nitro benzene ring substituents is 1. The van der Waals surface area contributed by atoms with Crippen molar-refractivity contribution >= 4 is 23.2 Å². The number of hydrogen-bond donors (Lipinski definition) is 1. The van der Waals surface area contributed by atoms with E-state index in [4.69, 9.17) is 4.74 Å². The summed E-state index contributed by atoms with van der Waals surface area (Å²) in [6, 6.07) is 4.22. The van der Waals surface area contributed by atoms with Crippen LogP contribution >= 0.6 is 0 Å². The molecule has 1 aromatic carbocycles. The Morgan fingerprint density at radius 2 is 1.76 bits per heavy atom. The second kappa shape index (κ2) is 8.77. The lowest BCUT2D eigenvalue weighted by atomic mass is 9.94. The van der Waals surface area contributed by atoms with Gasteiger partial charge in [0.25, 0.3) is 11.6 Å². The number of ether oxygens (including phenoxy) is 1. The molecule has 2 atom stereocenters. The molecule has 3 rings (SSSR count). The van der Waals surface area contributed by atoms with Crippen molar-refractivity contribution in [2.75, 3.05) is 38.5 Å². The maximum Gasteiger partial charge on any atom is 0.270 e. The van der Waals surface area contributed by atoms with E-state index in [0.717, 1.165) is 0 Å². The van der Waals surface area contributed by atoms with Crippen LogP contribution in [0.5, 0.6) is 0 Å². The molecule has 0 aliphatic carbocycles. The summed E-state index contributed by atoms with van der Waals surface area (Å²) in [4.78, 5) is 40.0. The van der Waals surface area contributed by atoms with Gasteiger partial charge in [-0.3, -0.25) is 19.7 Å². The van der Waals surface area contributed by atoms with E-state index in [1.165, 1.54) is 12.1 Å². The molecule has 0 spiro atoms. The van der Waals surface area contributed by atoms with Crippen molar-refractivity contribution in [1.29, 1.82) is 0 Å². The highest BCUT2D eigenvalue weighted by Crippen LogP contribution is 2.27. The Hall–Kier alpha value is -2.68. The summed E-state index contributed by atoms with van der Waals surface area (Å²) in [7, 11) is 1.67. The molecule has 9 nitrogen and oxygen atoms in total. The van der Waals surface area contributed by atoms with Crippen LogP contribution in [-0.2, 0) is 9.53 Å². The van der Waals surface area contributed by atoms with Crippen molar-refractivity contribution in [1.82, 2.24) is 9.80 Å². The topological polar surface area (TPSA) is 105 Å². The highest BCUT2D eigenvalue weighted by Gasteiger charge is 2.34. The Morgan fingerprint density at radius 1 is 1.14 bits per heavy atom. The lowest BCUT2D eigenvalue weighted by molar-refractivity contribution is -0.384. The molecular formula is C20H28N4O5. The zero-order valence-electron chi connectivity index (χ0n) is 17.1. The molecule has 29 heavy (non-hydrogen) atoms. The van der Waals surface area contributed by atoms with E-state index in [2.05, 4.69) is 5.32 Å². The molecule has 0 aromatic heterocycles. The molecule has 2 amide bonds. The monoisotopic (exact) mass is 404 g/mol. The predicted molar refractivity (Wildman–Crippen MR) is 108 cm³/mol. The van der Waals surface area contributed by atoms with Gasteiger partial charge in [0.05, 0.1) is 22.7 Å². The van der Waals surface area contributed by atoms with Crippen LogP contribution in [0.4, 0.5) is 11.4 Å². The summed E-state index contributed by atoms with van der Waals surface area (Å²) in [5.74, 6) is -0.228. The number of nitrogens with one attached hydrogen (secondary N) is 1. The van der Waals surface area contributed by atoms with Gasteiger partial charge >= 0.3 is 0 Å². The van der Waals surface area contributed by atoms with Gasteiger partial charge < -0.3 is 19.9 Å². The van der Waals surface area contributed by atoms with Gasteiger partial charge in [-0.1, -0.05) is 0 Å². The van der Waals surface area contributed by atoms with Gasteiger partial charge in [0, 0.05) is 57.0 Å². The Kier molecular flexibility index (Phi) is 6.36. The summed E-state index contributed by atoms with van der Waals surface area (Å²) in [6.07, 6.45) is 1.24. The molecule has 2 unspecified atom stereocenters. The van der Waals surface area contributed by atoms with Gasteiger partial charge in [-0.05, 0) is 32.8 Å². The van der Waals surface area contributed by atoms with E-state index >= 15 is 0 Å². The second-order valence-electron chi connectivity index (χ2n) is 7.80. The van der Waals surface area contributed by atoms with Crippen LogP contribution in [0.2, 0.25) is 0 Å². The van der Waals surface area contributed by atoms with Crippen molar-refractivity contribution in [3.63, 3.8) is 0 Å². The lowest BCUT2D eigenvalue weighted by Gasteiger charge is -2.39. The van der Waals surface area contributed by atoms with Crippen molar-refractivity contribution in [3.05, 3.63) is 33.9 Å². The first kappa shape index (κ1) is 21.0. The van der Waals surface area contributed by atoms with Gasteiger partial charge in [-0.2, -0.15) is 0 Å². The van der Waals surface area contributed by atoms with E-state index in [0.29, 0.717) is 44.7 Å². The van der Waals surface area contributed by atoms with Crippen molar-refractivity contribution < 1.29 is 19.2 Å². The summed E-state index contributed by atoms with van der Waals surface area (Å²) in [5, 5.41) is 14.0. The molecule has 2 fully saturated rings. The zero-order chi connectivity index (χ0) is 21.1. The van der Waals surface area contributed by atoms with Gasteiger partial charge in [0.15, 0.2) is 0 Å². The number of nitro groups is 1. The third-order valence-corrected chi connectivity index (χ3v) is 5.58. The van der Waals surface area contributed by atoms with Crippen molar-refractivity contribution in [2.45, 2.75) is 38.9 Å². The Bertz CT molecular complexity index is 781. The van der Waals surface area contributed by atoms with E-state index in [1.54, 1.807) is 18.0 Å². The van der Waals surface area contributed by atoms with Crippen LogP contribution in [0, 0.1) is 16.0 Å². The highest BCUT2D eigenvalue weighted by molar-refractivity contribution is 6.00. The Morgan fingerprint density at radius 3 is 2.31 bits per heavy atom. The van der Waals surface area contributed by atoms with E-state index in [-0.39, 0.29) is 41.2 Å². The number of amides is 2. The number of anilines is 1. The second-order valence-corrected chi connectivity index (χ2v) is 7.80. The fourth-order valence-corrected chi connectivity index (χ4v) is 4.16. The number of nitrogens with zero attached hydrogens (tertiary/aromatic N) is 3. The number of carbonyl (C=O) groups is 2. The highest BCUT2D eigenvalue weighted by atomic mass is 16.6. The largest absolute Gasteiger partial charge is 0.387 e. The fraction of sp³-hybridized carbons (Fsp3) is 0.600. The third-order valence-electron chi connectivity index (χ3n) is 5.58. The minimum absolute atomic E-state index is 0.0261. The standard InChI is InChI=1S/C20H28N4O5/c1-13-11-23(12-14(2)29-13)19(25)15-6-8-22(9-7-15)20(26)17-10-16(24(27)28)4-5-18(17)21-3/h4-5,10,13-15,21H,6-9,11-12H2,1-3H3. The van der Waals surface area contributed by atoms with Crippen molar-refractivity contribution in [2.24, 2.45) is 5.92 Å². The van der Waals surface area contributed by atoms with Crippen LogP contribution in [-0.4, -0.2) is 72.0 Å². The number of piperidine rings is 1. The first-order valence-electron chi connectivity index (χ1n) is 9.99. The number of hydrogen-bond acceptors (Lipinski definition) is 6. The number of benzene rings is 1. The molecule has 2 heterocycles. The van der Waals surface area contributed by atoms with Crippen molar-refractivity contribution in [3.8, 4) is 0 Å². The zero-order valence-corrected chi connectivity index (χ0v) is 17.1. The minimum atomic E-state index is -0.508. The molecular weight excluding hydrogens is 376 g/mol. The Labute approximate surface area is 170 Å². The summed E-state index contributed by atoms with van der Waals surface area (Å²) in [5.41, 5.74) is 0.713. The average molecular weight is 404 g/mol. The van der Waals surface area contributed by atoms with Gasteiger partial charge in [-0.25, -0.2) is 0 Å². The Balaban J connectivity index is 1.65. The van der Waals surface area contributed by atoms with E-state index in [1.807, 2.05) is 18.7 Å². The molecule has 0 radical (unpaired) electrons. The molecule has 2 saturated heterocycles. The van der Waals surface area contributed by atoms with Crippen LogP contribution in [0.25, 0.3) is 0 Å². The molecule has 9 heteroatoms. The predicted octanol–water partition coefficient (Wildman–Crippen LogP) is 2.12. The number of nitro benzene ring substituents is 1. The van der Waals surface area contributed by atoms with Gasteiger partial charge in [0.2, 0.25) is 5.91 Å². The van der Waals surface area contributed by atoms with Gasteiger partial charge in [0.1, 0.15) is 0 Å². The SMILES string of the molecule is CNc1ccc([N+](=O)[O-])cc1C(=O)N1CCC(C(=O)N2CC(C)OC(C)C2)CC1. The quantitative estimate of drug-likeness (QED) is 0.609. The summed E-state index contributed by atoms with van der Waals surface area (Å²) < 4.78 is 5.70. The van der Waals surface area contributed by atoms with Crippen LogP contribution < -0.4 is 5.32 Å². The number of likely N-dealkylation sites (tertiary alicyclic amines) is 1. The molecule has 1 aromatic rings. The molecule has 2 aliphatic heterocycles. The summed E-state index contributed by atoms with van der Waals surface area (Å²) in [6.45, 7) is 6.04. The maximum atomic E-state index is 13.0. The average Bonchev–Trinajstić information content (AvgIpc) is 2.71. The van der Waals surface area contributed by atoms with Gasteiger partial charge in [-0.15, -0.1) is 0 Å². The smallest absolute Gasteiger partial charge is 0.270 e. The third kappa shape index (κ3) is 4.67. The molecule has 0 bridgehead atoms. The van der Waals surface area contributed by atoms with Crippen LogP contribution in [0.1, 0.15) is 37.0 Å².